The molecule has 0 unspecified atom stereocenters. The first kappa shape index (κ1) is 18.1. The maximum Gasteiger partial charge on any atom is 0.324 e. The summed E-state index contributed by atoms with van der Waals surface area (Å²) in [5.41, 5.74) is -0.238. The largest absolute Gasteiger partial charge is 0.480 e. The molecular formula is C14H11IN2O6S. The van der Waals surface area contributed by atoms with Crippen molar-refractivity contribution < 1.29 is 23.2 Å². The number of non-ortho nitro benzene ring substituents is 1. The summed E-state index contributed by atoms with van der Waals surface area (Å²) in [7, 11) is -4.27. The molecule has 0 bridgehead atoms. The zero-order chi connectivity index (χ0) is 17.9. The SMILES string of the molecule is O=C(O)CN(c1ccc(I)cc1)S(=O)(=O)c1cccc([N+](=O)[O-])c1. The number of carbonyl (C=O) groups is 1. The highest BCUT2D eigenvalue weighted by atomic mass is 127. The van der Waals surface area contributed by atoms with Crippen molar-refractivity contribution in [2.24, 2.45) is 0 Å². The summed E-state index contributed by atoms with van der Waals surface area (Å²) in [5.74, 6) is -1.34. The summed E-state index contributed by atoms with van der Waals surface area (Å²) >= 11 is 2.03. The Labute approximate surface area is 151 Å². The van der Waals surface area contributed by atoms with Gasteiger partial charge < -0.3 is 5.11 Å². The molecule has 0 spiro atoms. The second kappa shape index (κ2) is 7.13. The van der Waals surface area contributed by atoms with E-state index in [9.17, 15) is 23.3 Å². The second-order valence-electron chi connectivity index (χ2n) is 4.64. The van der Waals surface area contributed by atoms with Gasteiger partial charge in [-0.1, -0.05) is 6.07 Å². The highest BCUT2D eigenvalue weighted by molar-refractivity contribution is 14.1. The molecule has 0 heterocycles. The number of carboxylic acids is 1. The Hall–Kier alpha value is -2.21. The van der Waals surface area contributed by atoms with Crippen LogP contribution in [0, 0.1) is 13.7 Å². The molecule has 0 saturated heterocycles. The number of sulfonamides is 1. The number of halogens is 1. The fourth-order valence-electron chi connectivity index (χ4n) is 1.93. The lowest BCUT2D eigenvalue weighted by Gasteiger charge is -2.22. The predicted molar refractivity (Wildman–Crippen MR) is 94.4 cm³/mol. The number of benzene rings is 2. The van der Waals surface area contributed by atoms with E-state index < -0.39 is 33.1 Å². The van der Waals surface area contributed by atoms with Crippen LogP contribution in [0.5, 0.6) is 0 Å². The molecule has 0 radical (unpaired) electrons. The van der Waals surface area contributed by atoms with E-state index in [0.717, 1.165) is 15.7 Å². The van der Waals surface area contributed by atoms with Crippen molar-refractivity contribution in [3.63, 3.8) is 0 Å². The lowest BCUT2D eigenvalue weighted by atomic mass is 10.3. The van der Waals surface area contributed by atoms with Gasteiger partial charge in [-0.15, -0.1) is 0 Å². The predicted octanol–water partition coefficient (Wildman–Crippen LogP) is 2.48. The Morgan fingerprint density at radius 2 is 1.83 bits per heavy atom. The van der Waals surface area contributed by atoms with E-state index in [1.807, 2.05) is 22.6 Å². The molecule has 24 heavy (non-hydrogen) atoms. The van der Waals surface area contributed by atoms with Crippen LogP contribution in [0.15, 0.2) is 53.4 Å². The van der Waals surface area contributed by atoms with Crippen LogP contribution >= 0.6 is 22.6 Å². The third-order valence-electron chi connectivity index (χ3n) is 3.01. The molecule has 10 heteroatoms. The molecule has 8 nitrogen and oxygen atoms in total. The number of nitro benzene ring substituents is 1. The molecule has 0 atom stereocenters. The van der Waals surface area contributed by atoms with Gasteiger partial charge in [0.05, 0.1) is 15.5 Å². The molecule has 2 aromatic carbocycles. The molecule has 0 fully saturated rings. The monoisotopic (exact) mass is 462 g/mol. The summed E-state index contributed by atoms with van der Waals surface area (Å²) in [6.45, 7) is -0.800. The van der Waals surface area contributed by atoms with Gasteiger partial charge in [-0.3, -0.25) is 19.2 Å². The van der Waals surface area contributed by atoms with E-state index in [1.165, 1.54) is 24.3 Å². The van der Waals surface area contributed by atoms with Crippen LogP contribution in [0.2, 0.25) is 0 Å². The average Bonchev–Trinajstić information content (AvgIpc) is 2.53. The number of anilines is 1. The molecule has 1 N–H and O–H groups in total. The maximum atomic E-state index is 12.8. The van der Waals surface area contributed by atoms with Crippen LogP contribution in [0.25, 0.3) is 0 Å². The van der Waals surface area contributed by atoms with Crippen LogP contribution in [-0.2, 0) is 14.8 Å². The van der Waals surface area contributed by atoms with Crippen LogP contribution in [0.4, 0.5) is 11.4 Å². The molecule has 0 aliphatic rings. The van der Waals surface area contributed by atoms with Crippen molar-refractivity contribution in [3.8, 4) is 0 Å². The minimum atomic E-state index is -4.27. The minimum absolute atomic E-state index is 0.157. The van der Waals surface area contributed by atoms with Crippen LogP contribution in [0.1, 0.15) is 0 Å². The van der Waals surface area contributed by atoms with Gasteiger partial charge in [0.1, 0.15) is 6.54 Å². The number of carboxylic acid groups (broad SMARTS) is 1. The van der Waals surface area contributed by atoms with Crippen LogP contribution in [-0.4, -0.2) is 31.0 Å². The average molecular weight is 462 g/mol. The first-order chi connectivity index (χ1) is 11.2. The Morgan fingerprint density at radius 1 is 1.21 bits per heavy atom. The third-order valence-corrected chi connectivity index (χ3v) is 5.50. The van der Waals surface area contributed by atoms with Crippen molar-refractivity contribution in [2.45, 2.75) is 4.90 Å². The lowest BCUT2D eigenvalue weighted by molar-refractivity contribution is -0.385. The molecule has 0 amide bonds. The first-order valence-electron chi connectivity index (χ1n) is 6.46. The van der Waals surface area contributed by atoms with Gasteiger partial charge in [0.15, 0.2) is 0 Å². The molecule has 0 aliphatic heterocycles. The molecule has 126 valence electrons. The van der Waals surface area contributed by atoms with Gasteiger partial charge in [-0.05, 0) is 52.9 Å². The molecule has 2 aromatic rings. The number of hydrogen-bond donors (Lipinski definition) is 1. The maximum absolute atomic E-state index is 12.8. The van der Waals surface area contributed by atoms with Crippen molar-refractivity contribution in [1.82, 2.24) is 0 Å². The molecule has 0 aromatic heterocycles. The van der Waals surface area contributed by atoms with Gasteiger partial charge >= 0.3 is 5.97 Å². The van der Waals surface area contributed by atoms with Gasteiger partial charge in [0.2, 0.25) is 0 Å². The van der Waals surface area contributed by atoms with Crippen molar-refractivity contribution in [1.29, 1.82) is 0 Å². The summed E-state index contributed by atoms with van der Waals surface area (Å²) in [6, 6.07) is 10.7. The van der Waals surface area contributed by atoms with Crippen molar-refractivity contribution in [2.75, 3.05) is 10.8 Å². The van der Waals surface area contributed by atoms with Crippen LogP contribution < -0.4 is 4.31 Å². The Bertz CT molecular complexity index is 882. The standard InChI is InChI=1S/C14H11IN2O6S/c15-10-4-6-11(7-5-10)16(9-14(18)19)24(22,23)13-3-1-2-12(8-13)17(20)21/h1-8H,9H2,(H,18,19). The number of aliphatic carboxylic acids is 1. The van der Waals surface area contributed by atoms with E-state index in [4.69, 9.17) is 5.11 Å². The summed E-state index contributed by atoms with van der Waals surface area (Å²) < 4.78 is 27.1. The van der Waals surface area contributed by atoms with E-state index in [2.05, 4.69) is 0 Å². The quantitative estimate of drug-likeness (QED) is 0.401. The van der Waals surface area contributed by atoms with Gasteiger partial charge in [-0.25, -0.2) is 8.42 Å². The second-order valence-corrected chi connectivity index (χ2v) is 7.74. The highest BCUT2D eigenvalue weighted by Crippen LogP contribution is 2.26. The summed E-state index contributed by atoms with van der Waals surface area (Å²) in [6.07, 6.45) is 0. The van der Waals surface area contributed by atoms with E-state index >= 15 is 0 Å². The van der Waals surface area contributed by atoms with Crippen LogP contribution in [0.3, 0.4) is 0 Å². The fourth-order valence-corrected chi connectivity index (χ4v) is 3.74. The highest BCUT2D eigenvalue weighted by Gasteiger charge is 2.28. The van der Waals surface area contributed by atoms with E-state index in [1.54, 1.807) is 12.1 Å². The third kappa shape index (κ3) is 4.00. The fraction of sp³-hybridized carbons (Fsp3) is 0.0714. The normalized spacial score (nSPS) is 11.0. The number of rotatable bonds is 6. The smallest absolute Gasteiger partial charge is 0.324 e. The number of nitro groups is 1. The summed E-state index contributed by atoms with van der Waals surface area (Å²) in [4.78, 5) is 20.9. The summed E-state index contributed by atoms with van der Waals surface area (Å²) in [5, 5.41) is 19.9. The zero-order valence-electron chi connectivity index (χ0n) is 12.0. The van der Waals surface area contributed by atoms with Gasteiger partial charge in [0.25, 0.3) is 15.7 Å². The molecule has 0 aliphatic carbocycles. The van der Waals surface area contributed by atoms with E-state index in [0.29, 0.717) is 4.31 Å². The Balaban J connectivity index is 2.55. The van der Waals surface area contributed by atoms with E-state index in [-0.39, 0.29) is 10.6 Å². The molecule has 0 saturated carbocycles. The van der Waals surface area contributed by atoms with Gasteiger partial charge in [0, 0.05) is 15.7 Å². The molecule has 2 rings (SSSR count). The minimum Gasteiger partial charge on any atom is -0.480 e. The Morgan fingerprint density at radius 3 is 2.38 bits per heavy atom. The zero-order valence-corrected chi connectivity index (χ0v) is 15.0. The number of hydrogen-bond acceptors (Lipinski definition) is 5. The first-order valence-corrected chi connectivity index (χ1v) is 8.98. The van der Waals surface area contributed by atoms with Crippen molar-refractivity contribution in [3.05, 3.63) is 62.2 Å². The van der Waals surface area contributed by atoms with Crippen molar-refractivity contribution >= 4 is 50.0 Å². The lowest BCUT2D eigenvalue weighted by Crippen LogP contribution is -2.35. The number of nitrogens with zero attached hydrogens (tertiary/aromatic N) is 2. The van der Waals surface area contributed by atoms with Gasteiger partial charge in [-0.2, -0.15) is 0 Å². The topological polar surface area (TPSA) is 118 Å². The molecular weight excluding hydrogens is 451 g/mol. The Kier molecular flexibility index (Phi) is 5.39.